The highest BCUT2D eigenvalue weighted by atomic mass is 35.5. The molecule has 6 nitrogen and oxygen atoms in total. The number of halogens is 1. The summed E-state index contributed by atoms with van der Waals surface area (Å²) >= 11 is 7.56. The van der Waals surface area contributed by atoms with E-state index in [0.717, 1.165) is 15.7 Å². The Hall–Kier alpha value is -2.77. The van der Waals surface area contributed by atoms with E-state index in [0.29, 0.717) is 27.3 Å². The van der Waals surface area contributed by atoms with Crippen LogP contribution in [0.2, 0.25) is 5.02 Å². The summed E-state index contributed by atoms with van der Waals surface area (Å²) in [7, 11) is 3.13. The molecule has 2 aromatic carbocycles. The average Bonchev–Trinajstić information content (AvgIpc) is 2.75. The highest BCUT2D eigenvalue weighted by molar-refractivity contribution is 8.13. The molecule has 0 saturated carbocycles. The highest BCUT2D eigenvalue weighted by Crippen LogP contribution is 2.34. The van der Waals surface area contributed by atoms with E-state index < -0.39 is 6.04 Å². The molecule has 8 heteroatoms. The highest BCUT2D eigenvalue weighted by Gasteiger charge is 2.29. The van der Waals surface area contributed by atoms with Gasteiger partial charge in [-0.25, -0.2) is 9.79 Å². The standard InChI is InChI=1S/C21H19ClN4O2S/c1-25-18-16(19(27)26(2)21(25)28)17(14-8-10-15(22)11-9-14)23-20(24-18)29-12-13-6-4-3-5-7-13/h3-11,17H,12H2,1-2H3,(H,23,24). The second kappa shape index (κ2) is 7.93. The van der Waals surface area contributed by atoms with Gasteiger partial charge in [-0.1, -0.05) is 65.8 Å². The number of aromatic nitrogens is 2. The van der Waals surface area contributed by atoms with Crippen molar-refractivity contribution < 1.29 is 0 Å². The molecule has 1 atom stereocenters. The summed E-state index contributed by atoms with van der Waals surface area (Å²) in [6.45, 7) is 0. The maximum atomic E-state index is 12.9. The Morgan fingerprint density at radius 2 is 1.72 bits per heavy atom. The number of thioether (sulfide) groups is 1. The lowest BCUT2D eigenvalue weighted by atomic mass is 9.99. The molecule has 0 bridgehead atoms. The maximum absolute atomic E-state index is 12.9. The fraction of sp³-hybridized carbons (Fsp3) is 0.190. The number of rotatable bonds is 3. The van der Waals surface area contributed by atoms with Gasteiger partial charge < -0.3 is 5.32 Å². The summed E-state index contributed by atoms with van der Waals surface area (Å²) in [6.07, 6.45) is 0. The van der Waals surface area contributed by atoms with Crippen LogP contribution in [0.4, 0.5) is 5.82 Å². The molecule has 0 fully saturated rings. The Bertz CT molecular complexity index is 1200. The van der Waals surface area contributed by atoms with Gasteiger partial charge in [0.15, 0.2) is 5.17 Å². The van der Waals surface area contributed by atoms with Gasteiger partial charge in [-0.3, -0.25) is 13.9 Å². The van der Waals surface area contributed by atoms with Crippen molar-refractivity contribution >= 4 is 34.3 Å². The number of nitrogens with zero attached hydrogens (tertiary/aromatic N) is 3. The van der Waals surface area contributed by atoms with Gasteiger partial charge in [0.2, 0.25) is 0 Å². The van der Waals surface area contributed by atoms with Crippen LogP contribution in [0, 0.1) is 0 Å². The molecule has 4 rings (SSSR count). The zero-order chi connectivity index (χ0) is 20.5. The Kier molecular flexibility index (Phi) is 5.34. The molecule has 1 aliphatic rings. The fourth-order valence-electron chi connectivity index (χ4n) is 3.27. The van der Waals surface area contributed by atoms with Crippen LogP contribution in [-0.4, -0.2) is 14.3 Å². The van der Waals surface area contributed by atoms with Crippen LogP contribution in [0.25, 0.3) is 0 Å². The van der Waals surface area contributed by atoms with Gasteiger partial charge in [-0.15, -0.1) is 0 Å². The maximum Gasteiger partial charge on any atom is 0.332 e. The summed E-state index contributed by atoms with van der Waals surface area (Å²) in [5.41, 5.74) is 1.71. The van der Waals surface area contributed by atoms with Gasteiger partial charge in [-0.05, 0) is 23.3 Å². The van der Waals surface area contributed by atoms with Crippen molar-refractivity contribution in [2.75, 3.05) is 5.32 Å². The lowest BCUT2D eigenvalue weighted by Gasteiger charge is -2.26. The zero-order valence-electron chi connectivity index (χ0n) is 15.9. The largest absolute Gasteiger partial charge is 0.332 e. The van der Waals surface area contributed by atoms with Gasteiger partial charge in [0.05, 0.1) is 5.56 Å². The fourth-order valence-corrected chi connectivity index (χ4v) is 4.24. The molecule has 0 amide bonds. The van der Waals surface area contributed by atoms with Crippen molar-refractivity contribution in [3.8, 4) is 0 Å². The first-order chi connectivity index (χ1) is 14.0. The number of fused-ring (bicyclic) bond motifs is 1. The molecular formula is C21H19ClN4O2S. The van der Waals surface area contributed by atoms with Crippen molar-refractivity contribution in [2.24, 2.45) is 19.1 Å². The number of amidine groups is 1. The third-order valence-corrected chi connectivity index (χ3v) is 6.06. The van der Waals surface area contributed by atoms with Crippen molar-refractivity contribution in [3.63, 3.8) is 0 Å². The number of hydrogen-bond donors (Lipinski definition) is 1. The van der Waals surface area contributed by atoms with Gasteiger partial charge >= 0.3 is 5.69 Å². The summed E-state index contributed by atoms with van der Waals surface area (Å²) < 4.78 is 2.57. The van der Waals surface area contributed by atoms with E-state index in [2.05, 4.69) is 5.32 Å². The van der Waals surface area contributed by atoms with Crippen LogP contribution < -0.4 is 16.6 Å². The third-order valence-electron chi connectivity index (χ3n) is 4.85. The predicted molar refractivity (Wildman–Crippen MR) is 119 cm³/mol. The van der Waals surface area contributed by atoms with E-state index in [1.54, 1.807) is 19.2 Å². The number of anilines is 1. The lowest BCUT2D eigenvalue weighted by molar-refractivity contribution is 0.659. The van der Waals surface area contributed by atoms with Gasteiger partial charge in [-0.2, -0.15) is 0 Å². The zero-order valence-corrected chi connectivity index (χ0v) is 17.5. The van der Waals surface area contributed by atoms with E-state index in [9.17, 15) is 9.59 Å². The second-order valence-electron chi connectivity index (χ2n) is 6.76. The monoisotopic (exact) mass is 426 g/mol. The summed E-state index contributed by atoms with van der Waals surface area (Å²) in [6, 6.07) is 16.8. The van der Waals surface area contributed by atoms with Crippen LogP contribution in [0.1, 0.15) is 22.7 Å². The molecule has 0 radical (unpaired) electrons. The van der Waals surface area contributed by atoms with Crippen molar-refractivity contribution in [2.45, 2.75) is 11.8 Å². The van der Waals surface area contributed by atoms with Gasteiger partial charge in [0, 0.05) is 24.9 Å². The smallest absolute Gasteiger partial charge is 0.320 e. The normalized spacial score (nSPS) is 15.4. The summed E-state index contributed by atoms with van der Waals surface area (Å²) in [4.78, 5) is 30.2. The van der Waals surface area contributed by atoms with Crippen LogP contribution in [0.5, 0.6) is 0 Å². The molecule has 1 aromatic heterocycles. The quantitative estimate of drug-likeness (QED) is 0.695. The molecule has 1 unspecified atom stereocenters. The van der Waals surface area contributed by atoms with Crippen LogP contribution in [0.3, 0.4) is 0 Å². The number of benzene rings is 2. The lowest BCUT2D eigenvalue weighted by Crippen LogP contribution is -2.43. The molecule has 1 aliphatic heterocycles. The molecular weight excluding hydrogens is 408 g/mol. The van der Waals surface area contributed by atoms with Gasteiger partial charge in [0.25, 0.3) is 5.56 Å². The van der Waals surface area contributed by atoms with E-state index in [1.807, 2.05) is 42.5 Å². The summed E-state index contributed by atoms with van der Waals surface area (Å²) in [5, 5.41) is 4.46. The number of nitrogens with one attached hydrogen (secondary N) is 1. The molecule has 29 heavy (non-hydrogen) atoms. The van der Waals surface area contributed by atoms with Crippen LogP contribution >= 0.6 is 23.4 Å². The Balaban J connectivity index is 1.80. The SMILES string of the molecule is Cn1c2c(c(=O)n(C)c1=O)C(c1ccc(Cl)cc1)N=C(SCc1ccccc1)N2. The molecule has 0 aliphatic carbocycles. The van der Waals surface area contributed by atoms with Crippen molar-refractivity contribution in [1.82, 2.24) is 9.13 Å². The topological polar surface area (TPSA) is 68.4 Å². The predicted octanol–water partition coefficient (Wildman–Crippen LogP) is 3.54. The second-order valence-corrected chi connectivity index (χ2v) is 8.16. The van der Waals surface area contributed by atoms with Crippen LogP contribution in [-0.2, 0) is 19.8 Å². The molecule has 148 valence electrons. The molecule has 0 saturated heterocycles. The van der Waals surface area contributed by atoms with Crippen molar-refractivity contribution in [1.29, 1.82) is 0 Å². The van der Waals surface area contributed by atoms with E-state index in [1.165, 1.54) is 23.4 Å². The van der Waals surface area contributed by atoms with Gasteiger partial charge in [0.1, 0.15) is 11.9 Å². The third kappa shape index (κ3) is 3.75. The number of aliphatic imine (C=N–C) groups is 1. The molecule has 1 N–H and O–H groups in total. The van der Waals surface area contributed by atoms with Crippen LogP contribution in [0.15, 0.2) is 69.2 Å². The summed E-state index contributed by atoms with van der Waals surface area (Å²) in [5.74, 6) is 1.19. The van der Waals surface area contributed by atoms with E-state index >= 15 is 0 Å². The molecule has 2 heterocycles. The average molecular weight is 427 g/mol. The Labute approximate surface area is 176 Å². The molecule has 3 aromatic rings. The van der Waals surface area contributed by atoms with Crippen molar-refractivity contribution in [3.05, 3.63) is 97.1 Å². The van der Waals surface area contributed by atoms with E-state index in [-0.39, 0.29) is 11.2 Å². The minimum absolute atomic E-state index is 0.355. The first-order valence-corrected chi connectivity index (χ1v) is 10.4. The first-order valence-electron chi connectivity index (χ1n) is 9.02. The van der Waals surface area contributed by atoms with E-state index in [4.69, 9.17) is 16.6 Å². The Morgan fingerprint density at radius 1 is 1.03 bits per heavy atom. The molecule has 0 spiro atoms. The minimum Gasteiger partial charge on any atom is -0.320 e. The Morgan fingerprint density at radius 3 is 2.41 bits per heavy atom. The number of hydrogen-bond acceptors (Lipinski definition) is 5. The first kappa shape index (κ1) is 19.5. The minimum atomic E-state index is -0.521.